The predicted molar refractivity (Wildman–Crippen MR) is 166 cm³/mol. The van der Waals surface area contributed by atoms with Crippen molar-refractivity contribution >= 4 is 39.6 Å². The van der Waals surface area contributed by atoms with Gasteiger partial charge in [0.05, 0.1) is 11.8 Å². The Morgan fingerprint density at radius 1 is 1.02 bits per heavy atom. The molecule has 4 amide bonds. The lowest BCUT2D eigenvalue weighted by atomic mass is 10.1. The van der Waals surface area contributed by atoms with Crippen molar-refractivity contribution < 1.29 is 42.2 Å². The second-order valence-corrected chi connectivity index (χ2v) is 13.2. The summed E-state index contributed by atoms with van der Waals surface area (Å²) in [4.78, 5) is 66.5. The number of aliphatic carboxylic acids is 1. The summed E-state index contributed by atoms with van der Waals surface area (Å²) in [6, 6.07) is 11.4. The highest BCUT2D eigenvalue weighted by Gasteiger charge is 2.43. The first-order chi connectivity index (χ1) is 21.9. The first-order valence-corrected chi connectivity index (χ1v) is 16.9. The Hall–Kier alpha value is -4.50. The number of benzene rings is 2. The standard InChI is InChI=1S/C31H39N5O9S/c1-46(43,44)35-21-17-25-29(39)34-24(31(41)42)14-15-27(37)32-16-8-7-12-23(30(40)36(25)18-21)33-28(38)22-11-5-6-13-26(22)45-19-20-9-3-2-4-10-20/h2-6,9-11,13,21,23-25,35H,7-8,12,14-19H2,1H3,(H,32,37)(H,33,38)(H,34,39)(H,41,42)/t21-,23+,24+,25+/m1/s1. The largest absolute Gasteiger partial charge is 0.488 e. The highest BCUT2D eigenvalue weighted by atomic mass is 32.2. The minimum Gasteiger partial charge on any atom is -0.488 e. The molecule has 2 fully saturated rings. The summed E-state index contributed by atoms with van der Waals surface area (Å²) in [5, 5.41) is 17.6. The second-order valence-electron chi connectivity index (χ2n) is 11.4. The Morgan fingerprint density at radius 3 is 2.46 bits per heavy atom. The van der Waals surface area contributed by atoms with Crippen LogP contribution in [0.25, 0.3) is 0 Å². The third-order valence-corrected chi connectivity index (χ3v) is 8.52. The smallest absolute Gasteiger partial charge is 0.326 e. The van der Waals surface area contributed by atoms with Gasteiger partial charge in [-0.2, -0.15) is 0 Å². The van der Waals surface area contributed by atoms with E-state index in [1.165, 1.54) is 4.90 Å². The number of hydrogen-bond acceptors (Lipinski definition) is 8. The number of carbonyl (C=O) groups excluding carboxylic acids is 4. The van der Waals surface area contributed by atoms with E-state index in [0.717, 1.165) is 11.8 Å². The van der Waals surface area contributed by atoms with Crippen molar-refractivity contribution in [1.29, 1.82) is 0 Å². The van der Waals surface area contributed by atoms with E-state index >= 15 is 0 Å². The van der Waals surface area contributed by atoms with Crippen molar-refractivity contribution in [2.75, 3.05) is 19.3 Å². The first-order valence-electron chi connectivity index (χ1n) is 15.1. The maximum Gasteiger partial charge on any atom is 0.326 e. The summed E-state index contributed by atoms with van der Waals surface area (Å²) in [6.07, 6.45) is 1.54. The minimum absolute atomic E-state index is 0.117. The van der Waals surface area contributed by atoms with Crippen LogP contribution in [0.3, 0.4) is 0 Å². The molecule has 15 heteroatoms. The molecule has 2 aliphatic rings. The van der Waals surface area contributed by atoms with Crippen LogP contribution in [0, 0.1) is 0 Å². The number of fused-ring (bicyclic) bond motifs is 1. The van der Waals surface area contributed by atoms with Crippen LogP contribution in [0.2, 0.25) is 0 Å². The second kappa shape index (κ2) is 15.7. The first kappa shape index (κ1) is 34.4. The van der Waals surface area contributed by atoms with Crippen LogP contribution in [-0.4, -0.2) is 91.5 Å². The molecule has 2 saturated heterocycles. The van der Waals surface area contributed by atoms with Gasteiger partial charge in [0.25, 0.3) is 5.91 Å². The summed E-state index contributed by atoms with van der Waals surface area (Å²) in [7, 11) is -3.71. The number of carbonyl (C=O) groups is 5. The van der Waals surface area contributed by atoms with Crippen molar-refractivity contribution in [3.05, 3.63) is 65.7 Å². The van der Waals surface area contributed by atoms with Gasteiger partial charge in [-0.15, -0.1) is 0 Å². The number of carboxylic acid groups (broad SMARTS) is 1. The Morgan fingerprint density at radius 2 is 1.74 bits per heavy atom. The molecule has 4 rings (SSSR count). The van der Waals surface area contributed by atoms with Crippen molar-refractivity contribution in [2.24, 2.45) is 0 Å². The molecule has 0 bridgehead atoms. The number of nitrogens with one attached hydrogen (secondary N) is 4. The van der Waals surface area contributed by atoms with Crippen LogP contribution in [-0.2, 0) is 35.8 Å². The molecular formula is C31H39N5O9S. The number of amides is 4. The van der Waals surface area contributed by atoms with Crippen LogP contribution < -0.4 is 25.4 Å². The van der Waals surface area contributed by atoms with Crippen LogP contribution in [0.15, 0.2) is 54.6 Å². The summed E-state index contributed by atoms with van der Waals surface area (Å²) >= 11 is 0. The Bertz CT molecular complexity index is 1540. The monoisotopic (exact) mass is 657 g/mol. The zero-order valence-corrected chi connectivity index (χ0v) is 26.3. The fourth-order valence-electron chi connectivity index (χ4n) is 5.52. The molecule has 248 valence electrons. The van der Waals surface area contributed by atoms with E-state index in [9.17, 15) is 37.5 Å². The van der Waals surface area contributed by atoms with Gasteiger partial charge in [-0.1, -0.05) is 42.5 Å². The van der Waals surface area contributed by atoms with Gasteiger partial charge in [-0.3, -0.25) is 19.2 Å². The minimum atomic E-state index is -3.71. The van der Waals surface area contributed by atoms with Gasteiger partial charge in [0.1, 0.15) is 30.5 Å². The van der Waals surface area contributed by atoms with Crippen molar-refractivity contribution in [1.82, 2.24) is 25.6 Å². The molecule has 14 nitrogen and oxygen atoms in total. The molecule has 2 aromatic rings. The van der Waals surface area contributed by atoms with Crippen LogP contribution in [0.1, 0.15) is 54.4 Å². The van der Waals surface area contributed by atoms with Crippen LogP contribution in [0.5, 0.6) is 5.75 Å². The van der Waals surface area contributed by atoms with Gasteiger partial charge >= 0.3 is 5.97 Å². The van der Waals surface area contributed by atoms with E-state index in [0.29, 0.717) is 18.6 Å². The highest BCUT2D eigenvalue weighted by Crippen LogP contribution is 2.24. The van der Waals surface area contributed by atoms with E-state index in [4.69, 9.17) is 4.74 Å². The molecule has 0 aliphatic carbocycles. The zero-order chi connectivity index (χ0) is 33.3. The number of rotatable bonds is 8. The topological polar surface area (TPSA) is 200 Å². The average Bonchev–Trinajstić information content (AvgIpc) is 3.43. The highest BCUT2D eigenvalue weighted by molar-refractivity contribution is 7.88. The van der Waals surface area contributed by atoms with Gasteiger partial charge < -0.3 is 30.7 Å². The molecular weight excluding hydrogens is 618 g/mol. The average molecular weight is 658 g/mol. The molecule has 0 spiro atoms. The van der Waals surface area contributed by atoms with Gasteiger partial charge in [-0.25, -0.2) is 17.9 Å². The van der Waals surface area contributed by atoms with Crippen LogP contribution in [0.4, 0.5) is 0 Å². The molecule has 4 atom stereocenters. The molecule has 46 heavy (non-hydrogen) atoms. The van der Waals surface area contributed by atoms with E-state index in [1.54, 1.807) is 24.3 Å². The molecule has 0 saturated carbocycles. The van der Waals surface area contributed by atoms with E-state index < -0.39 is 57.9 Å². The van der Waals surface area contributed by atoms with Gasteiger partial charge in [0.15, 0.2) is 0 Å². The maximum absolute atomic E-state index is 14.1. The van der Waals surface area contributed by atoms with Crippen molar-refractivity contribution in [3.8, 4) is 5.75 Å². The molecule has 2 aliphatic heterocycles. The molecule has 2 aromatic carbocycles. The maximum atomic E-state index is 14.1. The number of para-hydroxylation sites is 1. The SMILES string of the molecule is CS(=O)(=O)N[C@@H]1C[C@H]2C(=O)N[C@H](C(=O)O)CCC(=O)NCCCC[C@H](NC(=O)c3ccccc3OCc3ccccc3)C(=O)N2C1. The van der Waals surface area contributed by atoms with Gasteiger partial charge in [0.2, 0.25) is 27.7 Å². The quantitative estimate of drug-likeness (QED) is 0.269. The third-order valence-electron chi connectivity index (χ3n) is 7.76. The van der Waals surface area contributed by atoms with Gasteiger partial charge in [-0.05, 0) is 49.8 Å². The fraction of sp³-hybridized carbons (Fsp3) is 0.452. The van der Waals surface area contributed by atoms with Crippen molar-refractivity contribution in [2.45, 2.75) is 69.3 Å². The summed E-state index contributed by atoms with van der Waals surface area (Å²) in [5.41, 5.74) is 1.08. The number of sulfonamides is 1. The predicted octanol–water partition coefficient (Wildman–Crippen LogP) is 0.532. The van der Waals surface area contributed by atoms with Crippen molar-refractivity contribution in [3.63, 3.8) is 0 Å². The summed E-state index contributed by atoms with van der Waals surface area (Å²) in [6.45, 7) is 0.293. The Kier molecular flexibility index (Phi) is 11.7. The third kappa shape index (κ3) is 9.75. The van der Waals surface area contributed by atoms with Gasteiger partial charge in [0, 0.05) is 25.6 Å². The van der Waals surface area contributed by atoms with E-state index in [1.807, 2.05) is 30.3 Å². The number of nitrogens with zero attached hydrogens (tertiary/aromatic N) is 1. The normalized spacial score (nSPS) is 23.2. The lowest BCUT2D eigenvalue weighted by Crippen LogP contribution is -2.55. The fourth-order valence-corrected chi connectivity index (χ4v) is 6.29. The van der Waals surface area contributed by atoms with E-state index in [2.05, 4.69) is 20.7 Å². The van der Waals surface area contributed by atoms with E-state index in [-0.39, 0.29) is 56.9 Å². The number of hydrogen-bond donors (Lipinski definition) is 5. The summed E-state index contributed by atoms with van der Waals surface area (Å²) in [5.74, 6) is -3.47. The molecule has 0 aromatic heterocycles. The lowest BCUT2D eigenvalue weighted by Gasteiger charge is -2.29. The Labute approximate surface area is 267 Å². The molecule has 2 heterocycles. The lowest BCUT2D eigenvalue weighted by molar-refractivity contribution is -0.144. The Balaban J connectivity index is 1.60. The van der Waals surface area contributed by atoms with Crippen LogP contribution >= 0.6 is 0 Å². The molecule has 5 N–H and O–H groups in total. The summed E-state index contributed by atoms with van der Waals surface area (Å²) < 4.78 is 32.4. The number of ether oxygens (including phenoxy) is 1. The molecule has 0 unspecified atom stereocenters. The molecule has 0 radical (unpaired) electrons. The number of carboxylic acids is 1. The zero-order valence-electron chi connectivity index (χ0n) is 25.4.